The zero-order valence-corrected chi connectivity index (χ0v) is 14.1. The Hall–Kier alpha value is -2.25. The Morgan fingerprint density at radius 3 is 2.65 bits per heavy atom. The monoisotopic (exact) mass is 391 g/mol. The second-order valence-corrected chi connectivity index (χ2v) is 5.97. The van der Waals surface area contributed by atoms with E-state index in [2.05, 4.69) is 36.7 Å². The average molecular weight is 393 g/mol. The lowest BCUT2D eigenvalue weighted by molar-refractivity contribution is -0.117. The molecule has 1 heterocycles. The van der Waals surface area contributed by atoms with Gasteiger partial charge in [-0.05, 0) is 41.6 Å². The third kappa shape index (κ3) is 3.94. The predicted molar refractivity (Wildman–Crippen MR) is 91.0 cm³/mol. The van der Waals surface area contributed by atoms with Crippen LogP contribution in [0, 0.1) is 0 Å². The summed E-state index contributed by atoms with van der Waals surface area (Å²) in [7, 11) is 0. The highest BCUT2D eigenvalue weighted by Gasteiger charge is 2.11. The lowest BCUT2D eigenvalue weighted by Crippen LogP contribution is -2.20. The largest absolute Gasteiger partial charge is 0.324 e. The van der Waals surface area contributed by atoms with Crippen molar-refractivity contribution in [3.63, 3.8) is 0 Å². The van der Waals surface area contributed by atoms with E-state index in [9.17, 15) is 4.79 Å². The molecule has 0 atom stereocenters. The molecule has 1 aromatic heterocycles. The van der Waals surface area contributed by atoms with Crippen molar-refractivity contribution in [2.75, 3.05) is 5.32 Å². The molecule has 0 bridgehead atoms. The van der Waals surface area contributed by atoms with Gasteiger partial charge in [-0.2, -0.15) is 4.80 Å². The fourth-order valence-corrected chi connectivity index (χ4v) is 2.51. The molecule has 0 spiro atoms. The molecular weight excluding hydrogens is 382 g/mol. The van der Waals surface area contributed by atoms with E-state index in [0.717, 1.165) is 10.0 Å². The summed E-state index contributed by atoms with van der Waals surface area (Å²) in [5.74, 6) is 0.208. The smallest absolute Gasteiger partial charge is 0.248 e. The van der Waals surface area contributed by atoms with E-state index in [1.807, 2.05) is 24.3 Å². The van der Waals surface area contributed by atoms with Crippen LogP contribution in [0.3, 0.4) is 0 Å². The number of anilines is 1. The molecule has 0 aliphatic carbocycles. The zero-order chi connectivity index (χ0) is 16.2. The maximum absolute atomic E-state index is 12.0. The predicted octanol–water partition coefficient (Wildman–Crippen LogP) is 3.39. The van der Waals surface area contributed by atoms with Crippen LogP contribution in [0.25, 0.3) is 11.4 Å². The van der Waals surface area contributed by atoms with E-state index in [1.165, 1.54) is 4.80 Å². The highest BCUT2D eigenvalue weighted by Crippen LogP contribution is 2.24. The molecule has 0 radical (unpaired) electrons. The number of aromatic nitrogens is 4. The Balaban J connectivity index is 1.68. The molecule has 116 valence electrons. The Kier molecular flexibility index (Phi) is 4.68. The third-order valence-corrected chi connectivity index (χ3v) is 3.92. The first-order chi connectivity index (χ1) is 11.1. The summed E-state index contributed by atoms with van der Waals surface area (Å²) in [5.41, 5.74) is 1.47. The van der Waals surface area contributed by atoms with Crippen LogP contribution in [0.15, 0.2) is 53.0 Å². The highest BCUT2D eigenvalue weighted by atomic mass is 79.9. The topological polar surface area (TPSA) is 72.7 Å². The second kappa shape index (κ2) is 6.89. The van der Waals surface area contributed by atoms with E-state index in [4.69, 9.17) is 11.6 Å². The highest BCUT2D eigenvalue weighted by molar-refractivity contribution is 9.10. The summed E-state index contributed by atoms with van der Waals surface area (Å²) >= 11 is 9.24. The van der Waals surface area contributed by atoms with Crippen molar-refractivity contribution in [2.45, 2.75) is 6.54 Å². The Labute approximate surface area is 145 Å². The number of tetrazole rings is 1. The molecular formula is C15H11BrClN5O. The van der Waals surface area contributed by atoms with Gasteiger partial charge in [-0.25, -0.2) is 0 Å². The molecule has 0 saturated heterocycles. The van der Waals surface area contributed by atoms with Crippen LogP contribution in [0.4, 0.5) is 5.69 Å². The van der Waals surface area contributed by atoms with Crippen LogP contribution in [-0.2, 0) is 11.3 Å². The van der Waals surface area contributed by atoms with Crippen molar-refractivity contribution in [1.82, 2.24) is 20.2 Å². The molecule has 1 N–H and O–H groups in total. The maximum Gasteiger partial charge on any atom is 0.248 e. The third-order valence-electron chi connectivity index (χ3n) is 2.98. The fraction of sp³-hybridized carbons (Fsp3) is 0.0667. The molecule has 0 unspecified atom stereocenters. The molecule has 2 aromatic carbocycles. The van der Waals surface area contributed by atoms with Gasteiger partial charge in [0.15, 0.2) is 0 Å². The van der Waals surface area contributed by atoms with Gasteiger partial charge in [0.05, 0.1) is 0 Å². The molecule has 3 aromatic rings. The van der Waals surface area contributed by atoms with Crippen molar-refractivity contribution in [3.05, 3.63) is 58.0 Å². The molecule has 0 aliphatic rings. The summed E-state index contributed by atoms with van der Waals surface area (Å²) in [5, 5.41) is 15.4. The minimum absolute atomic E-state index is 0.0277. The number of nitrogens with zero attached hydrogens (tertiary/aromatic N) is 4. The standard InChI is InChI=1S/C15H11BrClN5O/c16-13-4-2-1-3-12(13)15-19-21-22(20-15)9-14(23)18-11-7-5-10(17)6-8-11/h1-8H,9H2,(H,18,23). The lowest BCUT2D eigenvalue weighted by atomic mass is 10.2. The minimum Gasteiger partial charge on any atom is -0.324 e. The van der Waals surface area contributed by atoms with Crippen LogP contribution >= 0.6 is 27.5 Å². The van der Waals surface area contributed by atoms with Crippen LogP contribution < -0.4 is 5.32 Å². The molecule has 0 aliphatic heterocycles. The van der Waals surface area contributed by atoms with Crippen LogP contribution in [0.2, 0.25) is 5.02 Å². The van der Waals surface area contributed by atoms with Gasteiger partial charge in [0.2, 0.25) is 11.7 Å². The van der Waals surface area contributed by atoms with Gasteiger partial charge in [-0.15, -0.1) is 10.2 Å². The normalized spacial score (nSPS) is 10.5. The van der Waals surface area contributed by atoms with Gasteiger partial charge >= 0.3 is 0 Å². The summed E-state index contributed by atoms with van der Waals surface area (Å²) < 4.78 is 0.866. The first-order valence-corrected chi connectivity index (χ1v) is 7.87. The summed E-state index contributed by atoms with van der Waals surface area (Å²) in [6, 6.07) is 14.4. The van der Waals surface area contributed by atoms with Crippen LogP contribution in [-0.4, -0.2) is 26.1 Å². The molecule has 3 rings (SSSR count). The number of rotatable bonds is 4. The quantitative estimate of drug-likeness (QED) is 0.738. The number of carbonyl (C=O) groups is 1. The van der Waals surface area contributed by atoms with Gasteiger partial charge in [0, 0.05) is 20.7 Å². The van der Waals surface area contributed by atoms with Gasteiger partial charge in [-0.1, -0.05) is 39.7 Å². The summed E-state index contributed by atoms with van der Waals surface area (Å²) in [4.78, 5) is 13.2. The maximum atomic E-state index is 12.0. The van der Waals surface area contributed by atoms with Crippen molar-refractivity contribution < 1.29 is 4.79 Å². The Morgan fingerprint density at radius 2 is 1.91 bits per heavy atom. The van der Waals surface area contributed by atoms with Crippen molar-refractivity contribution in [2.24, 2.45) is 0 Å². The number of benzene rings is 2. The second-order valence-electron chi connectivity index (χ2n) is 4.68. The summed E-state index contributed by atoms with van der Waals surface area (Å²) in [6.07, 6.45) is 0. The number of hydrogen-bond donors (Lipinski definition) is 1. The Bertz CT molecular complexity index is 834. The van der Waals surface area contributed by atoms with E-state index >= 15 is 0 Å². The van der Waals surface area contributed by atoms with Gasteiger partial charge in [0.25, 0.3) is 0 Å². The zero-order valence-electron chi connectivity index (χ0n) is 11.8. The number of amides is 1. The van der Waals surface area contributed by atoms with Gasteiger partial charge < -0.3 is 5.32 Å². The van der Waals surface area contributed by atoms with Gasteiger partial charge in [-0.3, -0.25) is 4.79 Å². The molecule has 8 heteroatoms. The van der Waals surface area contributed by atoms with E-state index in [1.54, 1.807) is 24.3 Å². The van der Waals surface area contributed by atoms with E-state index < -0.39 is 0 Å². The van der Waals surface area contributed by atoms with Crippen LogP contribution in [0.5, 0.6) is 0 Å². The number of nitrogens with one attached hydrogen (secondary N) is 1. The first kappa shape index (κ1) is 15.6. The Morgan fingerprint density at radius 1 is 1.17 bits per heavy atom. The van der Waals surface area contributed by atoms with Crippen molar-refractivity contribution >= 4 is 39.1 Å². The minimum atomic E-state index is -0.247. The fourth-order valence-electron chi connectivity index (χ4n) is 1.92. The lowest BCUT2D eigenvalue weighted by Gasteiger charge is -2.04. The first-order valence-electron chi connectivity index (χ1n) is 6.70. The molecule has 6 nitrogen and oxygen atoms in total. The molecule has 0 fully saturated rings. The molecule has 1 amide bonds. The van der Waals surface area contributed by atoms with E-state index in [-0.39, 0.29) is 12.5 Å². The van der Waals surface area contributed by atoms with Crippen molar-refractivity contribution in [3.8, 4) is 11.4 Å². The molecule has 0 saturated carbocycles. The van der Waals surface area contributed by atoms with Gasteiger partial charge in [0.1, 0.15) is 6.54 Å². The number of carbonyl (C=O) groups excluding carboxylic acids is 1. The van der Waals surface area contributed by atoms with Crippen LogP contribution in [0.1, 0.15) is 0 Å². The van der Waals surface area contributed by atoms with Crippen molar-refractivity contribution in [1.29, 1.82) is 0 Å². The summed E-state index contributed by atoms with van der Waals surface area (Å²) in [6.45, 7) is -0.0277. The number of hydrogen-bond acceptors (Lipinski definition) is 4. The van der Waals surface area contributed by atoms with E-state index in [0.29, 0.717) is 16.5 Å². The number of halogens is 2. The molecule has 23 heavy (non-hydrogen) atoms. The average Bonchev–Trinajstić information content (AvgIpc) is 2.98. The SMILES string of the molecule is O=C(Cn1nnc(-c2ccccc2Br)n1)Nc1ccc(Cl)cc1.